The Morgan fingerprint density at radius 3 is 2.92 bits per heavy atom. The number of hydrogen-bond donors (Lipinski definition) is 2. The van der Waals surface area contributed by atoms with E-state index >= 15 is 0 Å². The summed E-state index contributed by atoms with van der Waals surface area (Å²) in [7, 11) is 0. The lowest BCUT2D eigenvalue weighted by molar-refractivity contribution is 0.0627. The van der Waals surface area contributed by atoms with Crippen LogP contribution in [-0.4, -0.2) is 40.6 Å². The summed E-state index contributed by atoms with van der Waals surface area (Å²) in [5.74, 6) is -0.218. The predicted molar refractivity (Wildman–Crippen MR) is 93.4 cm³/mol. The van der Waals surface area contributed by atoms with Crippen molar-refractivity contribution in [2.45, 2.75) is 25.8 Å². The Bertz CT molecular complexity index is 746. The lowest BCUT2D eigenvalue weighted by Crippen LogP contribution is -2.48. The van der Waals surface area contributed by atoms with Crippen molar-refractivity contribution in [2.75, 3.05) is 19.6 Å². The van der Waals surface area contributed by atoms with Gasteiger partial charge >= 0.3 is 0 Å². The molecule has 1 atom stereocenters. The summed E-state index contributed by atoms with van der Waals surface area (Å²) < 4.78 is 14.3. The van der Waals surface area contributed by atoms with Gasteiger partial charge in [-0.2, -0.15) is 5.10 Å². The fourth-order valence-electron chi connectivity index (χ4n) is 2.96. The van der Waals surface area contributed by atoms with Crippen LogP contribution in [0.5, 0.6) is 0 Å². The Kier molecular flexibility index (Phi) is 5.01. The van der Waals surface area contributed by atoms with Gasteiger partial charge in [-0.25, -0.2) is 4.39 Å². The van der Waals surface area contributed by atoms with E-state index in [1.165, 1.54) is 12.1 Å². The highest BCUT2D eigenvalue weighted by molar-refractivity contribution is 9.10. The number of carbonyl (C=O) groups excluding carboxylic acids is 1. The number of nitrogens with zero attached hydrogens (tertiary/aromatic N) is 2. The van der Waals surface area contributed by atoms with Gasteiger partial charge in [0.15, 0.2) is 5.69 Å². The fraction of sp³-hybridized carbons (Fsp3) is 0.412. The van der Waals surface area contributed by atoms with Gasteiger partial charge in [0.1, 0.15) is 5.82 Å². The average molecular weight is 395 g/mol. The summed E-state index contributed by atoms with van der Waals surface area (Å²) in [4.78, 5) is 14.8. The average Bonchev–Trinajstić information content (AvgIpc) is 2.96. The summed E-state index contributed by atoms with van der Waals surface area (Å²) in [5.41, 5.74) is 2.06. The minimum atomic E-state index is -0.298. The van der Waals surface area contributed by atoms with Crippen LogP contribution in [0, 0.1) is 5.82 Å². The molecule has 0 aliphatic carbocycles. The standard InChI is InChI=1S/C17H20BrFN4O/c1-10(2)15-14(18)16(22-21-15)17(24)23-7-6-20-9-13(23)11-4-3-5-12(19)8-11/h3-5,8,10,13,20H,6-7,9H2,1-2H3,(H,21,22). The number of nitrogens with one attached hydrogen (secondary N) is 2. The van der Waals surface area contributed by atoms with E-state index in [2.05, 4.69) is 31.4 Å². The molecule has 1 aliphatic heterocycles. The van der Waals surface area contributed by atoms with Gasteiger partial charge in [-0.15, -0.1) is 0 Å². The minimum absolute atomic E-state index is 0.152. The van der Waals surface area contributed by atoms with Crippen molar-refractivity contribution >= 4 is 21.8 Å². The van der Waals surface area contributed by atoms with E-state index in [0.29, 0.717) is 29.8 Å². The zero-order chi connectivity index (χ0) is 17.3. The van der Waals surface area contributed by atoms with Crippen LogP contribution in [-0.2, 0) is 0 Å². The number of amides is 1. The third-order valence-corrected chi connectivity index (χ3v) is 5.05. The van der Waals surface area contributed by atoms with E-state index in [1.807, 2.05) is 19.9 Å². The fourth-order valence-corrected chi connectivity index (χ4v) is 3.77. The number of halogens is 2. The van der Waals surface area contributed by atoms with Crippen molar-refractivity contribution in [3.8, 4) is 0 Å². The lowest BCUT2D eigenvalue weighted by Gasteiger charge is -2.36. The van der Waals surface area contributed by atoms with Gasteiger partial charge in [-0.1, -0.05) is 26.0 Å². The highest BCUT2D eigenvalue weighted by Crippen LogP contribution is 2.30. The van der Waals surface area contributed by atoms with Crippen molar-refractivity contribution in [3.63, 3.8) is 0 Å². The SMILES string of the molecule is CC(C)c1[nH]nc(C(=O)N2CCNCC2c2cccc(F)c2)c1Br. The maximum atomic E-state index is 13.6. The molecular weight excluding hydrogens is 375 g/mol. The molecule has 7 heteroatoms. The van der Waals surface area contributed by atoms with E-state index in [9.17, 15) is 9.18 Å². The van der Waals surface area contributed by atoms with Gasteiger partial charge in [0.05, 0.1) is 16.2 Å². The molecule has 24 heavy (non-hydrogen) atoms. The Balaban J connectivity index is 1.92. The molecule has 2 aromatic rings. The molecule has 2 heterocycles. The molecule has 1 unspecified atom stereocenters. The molecule has 1 amide bonds. The van der Waals surface area contributed by atoms with Crippen molar-refractivity contribution in [1.82, 2.24) is 20.4 Å². The Labute approximate surface area is 148 Å². The Morgan fingerprint density at radius 2 is 2.25 bits per heavy atom. The lowest BCUT2D eigenvalue weighted by atomic mass is 10.0. The van der Waals surface area contributed by atoms with Crippen molar-refractivity contribution in [3.05, 3.63) is 51.5 Å². The first-order valence-electron chi connectivity index (χ1n) is 8.00. The number of aromatic nitrogens is 2. The topological polar surface area (TPSA) is 61.0 Å². The molecule has 128 valence electrons. The Hall–Kier alpha value is -1.73. The van der Waals surface area contributed by atoms with Crippen LogP contribution in [0.3, 0.4) is 0 Å². The summed E-state index contributed by atoms with van der Waals surface area (Å²) in [6, 6.07) is 6.19. The van der Waals surface area contributed by atoms with E-state index < -0.39 is 0 Å². The number of H-pyrrole nitrogens is 1. The minimum Gasteiger partial charge on any atom is -0.328 e. The van der Waals surface area contributed by atoms with Gasteiger partial charge in [0.25, 0.3) is 5.91 Å². The molecule has 1 aromatic carbocycles. The molecule has 1 aliphatic rings. The zero-order valence-corrected chi connectivity index (χ0v) is 15.2. The Morgan fingerprint density at radius 1 is 1.46 bits per heavy atom. The van der Waals surface area contributed by atoms with Gasteiger partial charge < -0.3 is 10.2 Å². The van der Waals surface area contributed by atoms with E-state index in [1.54, 1.807) is 11.0 Å². The van der Waals surface area contributed by atoms with Gasteiger partial charge in [0.2, 0.25) is 0 Å². The summed E-state index contributed by atoms with van der Waals surface area (Å²) in [5, 5.41) is 10.4. The summed E-state index contributed by atoms with van der Waals surface area (Å²) >= 11 is 3.49. The van der Waals surface area contributed by atoms with Crippen LogP contribution >= 0.6 is 15.9 Å². The number of hydrogen-bond acceptors (Lipinski definition) is 3. The van der Waals surface area contributed by atoms with Crippen LogP contribution in [0.1, 0.15) is 47.6 Å². The molecule has 5 nitrogen and oxygen atoms in total. The molecule has 3 rings (SSSR count). The second-order valence-corrected chi connectivity index (χ2v) is 7.02. The number of piperazine rings is 1. The molecule has 0 radical (unpaired) electrons. The summed E-state index contributed by atoms with van der Waals surface area (Å²) in [6.45, 7) is 5.92. The first-order chi connectivity index (χ1) is 11.5. The zero-order valence-electron chi connectivity index (χ0n) is 13.6. The number of rotatable bonds is 3. The highest BCUT2D eigenvalue weighted by atomic mass is 79.9. The van der Waals surface area contributed by atoms with Gasteiger partial charge in [-0.05, 0) is 39.5 Å². The van der Waals surface area contributed by atoms with Crippen LogP contribution < -0.4 is 5.32 Å². The molecular formula is C17H20BrFN4O. The number of carbonyl (C=O) groups is 1. The van der Waals surface area contributed by atoms with E-state index in [4.69, 9.17) is 0 Å². The normalized spacial score (nSPS) is 18.2. The maximum absolute atomic E-state index is 13.6. The van der Waals surface area contributed by atoms with Crippen LogP contribution in [0.15, 0.2) is 28.7 Å². The van der Waals surface area contributed by atoms with E-state index in [0.717, 1.165) is 11.3 Å². The quantitative estimate of drug-likeness (QED) is 0.839. The van der Waals surface area contributed by atoms with Crippen molar-refractivity contribution < 1.29 is 9.18 Å². The smallest absolute Gasteiger partial charge is 0.276 e. The molecule has 0 saturated carbocycles. The third-order valence-electron chi connectivity index (χ3n) is 4.25. The molecule has 1 fully saturated rings. The van der Waals surface area contributed by atoms with E-state index in [-0.39, 0.29) is 23.7 Å². The highest BCUT2D eigenvalue weighted by Gasteiger charge is 2.32. The van der Waals surface area contributed by atoms with Gasteiger partial charge in [-0.3, -0.25) is 9.89 Å². The predicted octanol–water partition coefficient (Wildman–Crippen LogP) is 3.22. The molecule has 1 saturated heterocycles. The molecule has 0 spiro atoms. The largest absolute Gasteiger partial charge is 0.328 e. The van der Waals surface area contributed by atoms with Crippen LogP contribution in [0.25, 0.3) is 0 Å². The van der Waals surface area contributed by atoms with Crippen molar-refractivity contribution in [2.24, 2.45) is 0 Å². The maximum Gasteiger partial charge on any atom is 0.276 e. The second-order valence-electron chi connectivity index (χ2n) is 6.23. The van der Waals surface area contributed by atoms with Crippen molar-refractivity contribution in [1.29, 1.82) is 0 Å². The molecule has 0 bridgehead atoms. The monoisotopic (exact) mass is 394 g/mol. The third kappa shape index (κ3) is 3.23. The molecule has 1 aromatic heterocycles. The first-order valence-corrected chi connectivity index (χ1v) is 8.79. The summed E-state index contributed by atoms with van der Waals surface area (Å²) in [6.07, 6.45) is 0. The number of benzene rings is 1. The number of aromatic amines is 1. The first kappa shape index (κ1) is 17.1. The van der Waals surface area contributed by atoms with Gasteiger partial charge in [0, 0.05) is 19.6 Å². The second kappa shape index (κ2) is 7.03. The molecule has 2 N–H and O–H groups in total. The van der Waals surface area contributed by atoms with Crippen LogP contribution in [0.2, 0.25) is 0 Å². The van der Waals surface area contributed by atoms with Crippen LogP contribution in [0.4, 0.5) is 4.39 Å².